The number of rotatable bonds is 3. The summed E-state index contributed by atoms with van der Waals surface area (Å²) in [5, 5.41) is 0.133. The zero-order valence-corrected chi connectivity index (χ0v) is 6.20. The van der Waals surface area contributed by atoms with E-state index in [9.17, 15) is 4.79 Å². The van der Waals surface area contributed by atoms with Gasteiger partial charge in [-0.3, -0.25) is 4.79 Å². The van der Waals surface area contributed by atoms with Gasteiger partial charge in [0.25, 0.3) is 0 Å². The molecule has 0 saturated heterocycles. The lowest BCUT2D eigenvalue weighted by atomic mass is 10.5. The van der Waals surface area contributed by atoms with Crippen molar-refractivity contribution in [3.8, 4) is 0 Å². The molecule has 50 valence electrons. The van der Waals surface area contributed by atoms with Crippen LogP contribution < -0.4 is 0 Å². The van der Waals surface area contributed by atoms with Crippen LogP contribution in [-0.4, -0.2) is 17.4 Å². The minimum Gasteiger partial charge on any atom is -0.316 e. The molecule has 0 aliphatic carbocycles. The summed E-state index contributed by atoms with van der Waals surface area (Å²) >= 11 is 1.29. The first-order valence-corrected chi connectivity index (χ1v) is 3.78. The molecule has 0 aliphatic rings. The van der Waals surface area contributed by atoms with Gasteiger partial charge in [0.05, 0.1) is 6.42 Å². The Hall–Kier alpha value is -0.490. The van der Waals surface area contributed by atoms with E-state index in [4.69, 9.17) is 6.57 Å². The van der Waals surface area contributed by atoms with Gasteiger partial charge in [-0.1, -0.05) is 18.7 Å². The maximum Gasteiger partial charge on any atom is 0.222 e. The second-order valence-corrected chi connectivity index (χ2v) is 2.76. The van der Waals surface area contributed by atoms with Gasteiger partial charge in [-0.2, -0.15) is 0 Å². The standard InChI is InChI=1S/C6H9NOS/c1-3-9-6(8)4-5-7-2/h3-5H2,1H3. The molecule has 0 aliphatic heterocycles. The van der Waals surface area contributed by atoms with Crippen molar-refractivity contribution in [2.45, 2.75) is 13.3 Å². The molecular formula is C6H9NOS. The van der Waals surface area contributed by atoms with Crippen LogP contribution in [0.25, 0.3) is 4.85 Å². The topological polar surface area (TPSA) is 21.4 Å². The molecule has 0 rings (SSSR count). The Morgan fingerprint density at radius 2 is 2.44 bits per heavy atom. The van der Waals surface area contributed by atoms with Crippen LogP contribution in [0.15, 0.2) is 0 Å². The fourth-order valence-corrected chi connectivity index (χ4v) is 0.938. The lowest BCUT2D eigenvalue weighted by Crippen LogP contribution is -1.92. The predicted molar refractivity (Wildman–Crippen MR) is 39.2 cm³/mol. The maximum absolute atomic E-state index is 10.6. The summed E-state index contributed by atoms with van der Waals surface area (Å²) in [6.45, 7) is 8.66. The first-order valence-electron chi connectivity index (χ1n) is 2.80. The molecule has 0 bridgehead atoms. The highest BCUT2D eigenvalue weighted by Crippen LogP contribution is 2.03. The van der Waals surface area contributed by atoms with Gasteiger partial charge in [-0.05, 0) is 5.75 Å². The van der Waals surface area contributed by atoms with Crippen molar-refractivity contribution >= 4 is 16.9 Å². The number of nitrogens with zero attached hydrogens (tertiary/aromatic N) is 1. The third-order valence-electron chi connectivity index (χ3n) is 0.733. The van der Waals surface area contributed by atoms with Crippen molar-refractivity contribution in [1.29, 1.82) is 0 Å². The predicted octanol–water partition coefficient (Wildman–Crippen LogP) is 1.58. The minimum absolute atomic E-state index is 0.133. The number of hydrogen-bond acceptors (Lipinski definition) is 2. The van der Waals surface area contributed by atoms with Crippen LogP contribution in [0.4, 0.5) is 0 Å². The number of thioether (sulfide) groups is 1. The fourth-order valence-electron chi connectivity index (χ4n) is 0.380. The molecule has 0 atom stereocenters. The second kappa shape index (κ2) is 5.64. The normalized spacial score (nSPS) is 8.44. The lowest BCUT2D eigenvalue weighted by molar-refractivity contribution is -0.110. The Labute approximate surface area is 59.5 Å². The Bertz CT molecular complexity index is 128. The Morgan fingerprint density at radius 1 is 1.78 bits per heavy atom. The zero-order chi connectivity index (χ0) is 7.11. The van der Waals surface area contributed by atoms with E-state index in [0.29, 0.717) is 13.0 Å². The molecule has 9 heavy (non-hydrogen) atoms. The van der Waals surface area contributed by atoms with Crippen LogP contribution in [0.2, 0.25) is 0 Å². The van der Waals surface area contributed by atoms with E-state index < -0.39 is 0 Å². The molecule has 0 unspecified atom stereocenters. The van der Waals surface area contributed by atoms with Gasteiger partial charge >= 0.3 is 0 Å². The fraction of sp³-hybridized carbons (Fsp3) is 0.667. The van der Waals surface area contributed by atoms with Crippen molar-refractivity contribution in [1.82, 2.24) is 0 Å². The van der Waals surface area contributed by atoms with Crippen molar-refractivity contribution in [2.75, 3.05) is 12.3 Å². The average Bonchev–Trinajstić information content (AvgIpc) is 1.85. The summed E-state index contributed by atoms with van der Waals surface area (Å²) in [5.74, 6) is 0.816. The number of hydrogen-bond donors (Lipinski definition) is 0. The first-order chi connectivity index (χ1) is 4.31. The second-order valence-electron chi connectivity index (χ2n) is 1.44. The van der Waals surface area contributed by atoms with Gasteiger partial charge in [-0.15, -0.1) is 0 Å². The van der Waals surface area contributed by atoms with E-state index in [1.54, 1.807) is 0 Å². The van der Waals surface area contributed by atoms with Crippen LogP contribution in [0.5, 0.6) is 0 Å². The quantitative estimate of drug-likeness (QED) is 0.559. The summed E-state index contributed by atoms with van der Waals surface area (Å²) in [4.78, 5) is 13.7. The molecule has 0 fully saturated rings. The van der Waals surface area contributed by atoms with Crippen LogP contribution in [-0.2, 0) is 4.79 Å². The third-order valence-corrected chi connectivity index (χ3v) is 1.55. The van der Waals surface area contributed by atoms with Gasteiger partial charge in [0.1, 0.15) is 0 Å². The summed E-state index contributed by atoms with van der Waals surface area (Å²) in [6, 6.07) is 0. The lowest BCUT2D eigenvalue weighted by Gasteiger charge is -1.88. The zero-order valence-electron chi connectivity index (χ0n) is 5.39. The summed E-state index contributed by atoms with van der Waals surface area (Å²) in [7, 11) is 0. The van der Waals surface area contributed by atoms with Crippen LogP contribution >= 0.6 is 11.8 Å². The van der Waals surface area contributed by atoms with E-state index in [0.717, 1.165) is 5.75 Å². The minimum atomic E-state index is 0.133. The van der Waals surface area contributed by atoms with Crippen molar-refractivity contribution in [3.05, 3.63) is 11.4 Å². The molecule has 0 amide bonds. The van der Waals surface area contributed by atoms with Crippen LogP contribution in [0.1, 0.15) is 13.3 Å². The molecule has 0 aromatic carbocycles. The van der Waals surface area contributed by atoms with Gasteiger partial charge in [0, 0.05) is 0 Å². The molecule has 0 heterocycles. The molecule has 2 nitrogen and oxygen atoms in total. The average molecular weight is 143 g/mol. The number of carbonyl (C=O) groups is 1. The monoisotopic (exact) mass is 143 g/mol. The van der Waals surface area contributed by atoms with E-state index >= 15 is 0 Å². The van der Waals surface area contributed by atoms with Crippen molar-refractivity contribution < 1.29 is 4.79 Å². The Balaban J connectivity index is 3.19. The molecule has 0 saturated carbocycles. The van der Waals surface area contributed by atoms with E-state index in [1.165, 1.54) is 11.8 Å². The highest BCUT2D eigenvalue weighted by molar-refractivity contribution is 8.13. The Morgan fingerprint density at radius 3 is 2.89 bits per heavy atom. The molecule has 0 spiro atoms. The van der Waals surface area contributed by atoms with Crippen LogP contribution in [0, 0.1) is 6.57 Å². The molecule has 0 aromatic heterocycles. The smallest absolute Gasteiger partial charge is 0.222 e. The highest BCUT2D eigenvalue weighted by atomic mass is 32.2. The third kappa shape index (κ3) is 5.38. The largest absolute Gasteiger partial charge is 0.316 e. The van der Waals surface area contributed by atoms with Gasteiger partial charge < -0.3 is 4.85 Å². The highest BCUT2D eigenvalue weighted by Gasteiger charge is 2.00. The Kier molecular flexibility index (Phi) is 5.34. The number of carbonyl (C=O) groups excluding carboxylic acids is 1. The summed E-state index contributed by atoms with van der Waals surface area (Å²) in [6.07, 6.45) is 0.405. The SMILES string of the molecule is [C-]#[N+]CCC(=O)SCC. The molecular weight excluding hydrogens is 134 g/mol. The van der Waals surface area contributed by atoms with E-state index in [1.807, 2.05) is 6.92 Å². The summed E-state index contributed by atoms with van der Waals surface area (Å²) in [5.41, 5.74) is 0. The van der Waals surface area contributed by atoms with Gasteiger partial charge in [-0.25, -0.2) is 6.57 Å². The molecule has 0 N–H and O–H groups in total. The molecule has 3 heteroatoms. The first kappa shape index (κ1) is 8.51. The van der Waals surface area contributed by atoms with Crippen LogP contribution in [0.3, 0.4) is 0 Å². The molecule has 0 radical (unpaired) electrons. The van der Waals surface area contributed by atoms with Crippen molar-refractivity contribution in [2.24, 2.45) is 0 Å². The summed E-state index contributed by atoms with van der Waals surface area (Å²) < 4.78 is 0. The molecule has 0 aromatic rings. The van der Waals surface area contributed by atoms with E-state index in [-0.39, 0.29) is 5.12 Å². The van der Waals surface area contributed by atoms with Crippen molar-refractivity contribution in [3.63, 3.8) is 0 Å². The van der Waals surface area contributed by atoms with Gasteiger partial charge in [0.2, 0.25) is 6.54 Å². The van der Waals surface area contributed by atoms with E-state index in [2.05, 4.69) is 4.85 Å². The van der Waals surface area contributed by atoms with Gasteiger partial charge in [0.15, 0.2) is 5.12 Å². The maximum atomic E-state index is 10.6.